The Morgan fingerprint density at radius 2 is 1.79 bits per heavy atom. The molecule has 0 spiro atoms. The second kappa shape index (κ2) is 12.1. The summed E-state index contributed by atoms with van der Waals surface area (Å²) in [6, 6.07) is 30.5. The van der Waals surface area contributed by atoms with Crippen molar-refractivity contribution in [1.82, 2.24) is 10.3 Å². The number of methoxy groups -OCH3 is 1. The summed E-state index contributed by atoms with van der Waals surface area (Å²) in [6.07, 6.45) is -0.208. The fourth-order valence-electron chi connectivity index (χ4n) is 5.65. The van der Waals surface area contributed by atoms with E-state index in [-0.39, 0.29) is 12.0 Å². The van der Waals surface area contributed by atoms with Gasteiger partial charge in [-0.25, -0.2) is 4.79 Å². The molecule has 2 heterocycles. The number of nitrogens with zero attached hydrogens (tertiary/aromatic N) is 1. The van der Waals surface area contributed by atoms with Gasteiger partial charge in [-0.15, -0.1) is 0 Å². The minimum Gasteiger partial charge on any atom is -0.496 e. The number of anilines is 1. The summed E-state index contributed by atoms with van der Waals surface area (Å²) in [5.74, 6) is 0.384. The minimum absolute atomic E-state index is 0.201. The summed E-state index contributed by atoms with van der Waals surface area (Å²) in [5.41, 5.74) is 11.1. The summed E-state index contributed by atoms with van der Waals surface area (Å²) in [4.78, 5) is 30.5. The van der Waals surface area contributed by atoms with Gasteiger partial charge in [0.15, 0.2) is 0 Å². The average Bonchev–Trinajstić information content (AvgIpc) is 3.67. The van der Waals surface area contributed by atoms with E-state index in [9.17, 15) is 9.59 Å². The fraction of sp³-hybridized carbons (Fsp3) is 0.176. The van der Waals surface area contributed by atoms with Gasteiger partial charge in [0, 0.05) is 46.0 Å². The molecular weight excluding hydrogens is 564 g/mol. The van der Waals surface area contributed by atoms with Gasteiger partial charge in [0.2, 0.25) is 0 Å². The molecule has 2 atom stereocenters. The average molecular weight is 595 g/mol. The van der Waals surface area contributed by atoms with Crippen LogP contribution in [0.3, 0.4) is 0 Å². The second-order valence-corrected chi connectivity index (χ2v) is 11.0. The Kier molecular flexibility index (Phi) is 7.94. The Hall–Kier alpha value is -4.95. The lowest BCUT2D eigenvalue weighted by atomic mass is 10.00. The SMILES string of the molecule is COc1ccc(Cl)cc1C(NC(=O)c1cccc(-c2ccc(N3CC[C@H](OC(N)=O)C3)cc2)c1)c1cc2ccccc2[nH]1. The van der Waals surface area contributed by atoms with E-state index in [1.54, 1.807) is 25.3 Å². The summed E-state index contributed by atoms with van der Waals surface area (Å²) in [6.45, 7) is 1.38. The first-order chi connectivity index (χ1) is 20.9. The predicted molar refractivity (Wildman–Crippen MR) is 169 cm³/mol. The number of benzene rings is 4. The molecule has 218 valence electrons. The number of amides is 2. The van der Waals surface area contributed by atoms with Crippen molar-refractivity contribution in [2.75, 3.05) is 25.1 Å². The Balaban J connectivity index is 1.25. The number of carbonyl (C=O) groups excluding carboxylic acids is 2. The molecule has 2 amide bonds. The van der Waals surface area contributed by atoms with E-state index in [0.717, 1.165) is 51.9 Å². The third kappa shape index (κ3) is 6.15. The zero-order valence-corrected chi connectivity index (χ0v) is 24.3. The van der Waals surface area contributed by atoms with Crippen LogP contribution in [0.5, 0.6) is 5.75 Å². The third-order valence-electron chi connectivity index (χ3n) is 7.76. The first-order valence-corrected chi connectivity index (χ1v) is 14.4. The molecule has 0 bridgehead atoms. The molecule has 9 heteroatoms. The van der Waals surface area contributed by atoms with Crippen molar-refractivity contribution in [3.05, 3.63) is 119 Å². The van der Waals surface area contributed by atoms with E-state index in [1.807, 2.05) is 78.9 Å². The largest absolute Gasteiger partial charge is 0.496 e. The number of carbonyl (C=O) groups is 2. The Bertz CT molecular complexity index is 1750. The Morgan fingerprint density at radius 1 is 0.977 bits per heavy atom. The maximum absolute atomic E-state index is 13.8. The molecule has 1 aromatic heterocycles. The number of halogens is 1. The molecule has 4 N–H and O–H groups in total. The van der Waals surface area contributed by atoms with Crippen molar-refractivity contribution in [3.63, 3.8) is 0 Å². The van der Waals surface area contributed by atoms with Crippen LogP contribution in [0.2, 0.25) is 5.02 Å². The van der Waals surface area contributed by atoms with E-state index in [4.69, 9.17) is 26.8 Å². The lowest BCUT2D eigenvalue weighted by Crippen LogP contribution is -2.30. The highest BCUT2D eigenvalue weighted by Crippen LogP contribution is 2.34. The molecule has 1 unspecified atom stereocenters. The molecule has 6 rings (SSSR count). The normalized spacial score (nSPS) is 15.3. The van der Waals surface area contributed by atoms with Crippen LogP contribution in [0.15, 0.2) is 97.1 Å². The summed E-state index contributed by atoms with van der Waals surface area (Å²) >= 11 is 6.40. The Labute approximate surface area is 254 Å². The number of nitrogens with one attached hydrogen (secondary N) is 2. The molecule has 0 saturated carbocycles. The van der Waals surface area contributed by atoms with Crippen molar-refractivity contribution in [2.24, 2.45) is 5.73 Å². The Morgan fingerprint density at radius 3 is 2.56 bits per heavy atom. The molecule has 4 aromatic carbocycles. The van der Waals surface area contributed by atoms with Crippen LogP contribution in [0.4, 0.5) is 10.5 Å². The molecular formula is C34H31ClN4O4. The number of ether oxygens (including phenoxy) is 2. The number of nitrogens with two attached hydrogens (primary N) is 1. The summed E-state index contributed by atoms with van der Waals surface area (Å²) in [7, 11) is 1.60. The van der Waals surface area contributed by atoms with Crippen LogP contribution < -0.4 is 20.7 Å². The summed E-state index contributed by atoms with van der Waals surface area (Å²) in [5, 5.41) is 4.79. The summed E-state index contributed by atoms with van der Waals surface area (Å²) < 4.78 is 10.8. The number of primary amides is 1. The monoisotopic (exact) mass is 594 g/mol. The highest BCUT2D eigenvalue weighted by molar-refractivity contribution is 6.30. The molecule has 5 aromatic rings. The van der Waals surface area contributed by atoms with Gasteiger partial charge in [-0.1, -0.05) is 54.1 Å². The standard InChI is InChI=1S/C34H31ClN4O4/c1-42-31-14-11-25(35)19-28(31)32(30-18-23-5-2-3-8-29(23)37-30)38-33(40)24-7-4-6-22(17-24)21-9-12-26(13-10-21)39-16-15-27(20-39)43-34(36)41/h2-14,17-19,27,32,37H,15-16,20H2,1H3,(H2,36,41)(H,38,40)/t27-,32?/m0/s1. The van der Waals surface area contributed by atoms with Gasteiger partial charge in [0.25, 0.3) is 5.91 Å². The van der Waals surface area contributed by atoms with Crippen molar-refractivity contribution >= 4 is 40.2 Å². The van der Waals surface area contributed by atoms with Crippen molar-refractivity contribution in [1.29, 1.82) is 0 Å². The molecule has 1 aliphatic heterocycles. The lowest BCUT2D eigenvalue weighted by Gasteiger charge is -2.21. The van der Waals surface area contributed by atoms with Crippen molar-refractivity contribution in [2.45, 2.75) is 18.6 Å². The fourth-order valence-corrected chi connectivity index (χ4v) is 5.83. The zero-order valence-electron chi connectivity index (χ0n) is 23.5. The van der Waals surface area contributed by atoms with Gasteiger partial charge in [0.1, 0.15) is 11.9 Å². The highest BCUT2D eigenvalue weighted by Gasteiger charge is 2.26. The van der Waals surface area contributed by atoms with Crippen molar-refractivity contribution < 1.29 is 19.1 Å². The van der Waals surface area contributed by atoms with Crippen LogP contribution in [0.1, 0.15) is 34.1 Å². The van der Waals surface area contributed by atoms with E-state index in [2.05, 4.69) is 15.2 Å². The van der Waals surface area contributed by atoms with Gasteiger partial charge < -0.3 is 30.4 Å². The molecule has 1 aliphatic rings. The first-order valence-electron chi connectivity index (χ1n) is 14.0. The number of aromatic amines is 1. The smallest absolute Gasteiger partial charge is 0.404 e. The van der Waals surface area contributed by atoms with Crippen LogP contribution in [0, 0.1) is 0 Å². The number of aromatic nitrogens is 1. The van der Waals surface area contributed by atoms with Gasteiger partial charge in [-0.3, -0.25) is 4.79 Å². The molecule has 1 fully saturated rings. The first kappa shape index (κ1) is 28.2. The van der Waals surface area contributed by atoms with Crippen LogP contribution in [-0.4, -0.2) is 43.3 Å². The van der Waals surface area contributed by atoms with E-state index < -0.39 is 12.1 Å². The van der Waals surface area contributed by atoms with E-state index in [1.165, 1.54) is 0 Å². The van der Waals surface area contributed by atoms with Crippen LogP contribution in [0.25, 0.3) is 22.0 Å². The van der Waals surface area contributed by atoms with Crippen molar-refractivity contribution in [3.8, 4) is 16.9 Å². The number of H-pyrrole nitrogens is 1. The quantitative estimate of drug-likeness (QED) is 0.185. The van der Waals surface area contributed by atoms with E-state index in [0.29, 0.717) is 22.9 Å². The van der Waals surface area contributed by atoms with Gasteiger partial charge >= 0.3 is 6.09 Å². The number of hydrogen-bond donors (Lipinski definition) is 3. The van der Waals surface area contributed by atoms with E-state index >= 15 is 0 Å². The maximum atomic E-state index is 13.8. The number of hydrogen-bond acceptors (Lipinski definition) is 5. The lowest BCUT2D eigenvalue weighted by molar-refractivity contribution is 0.0941. The van der Waals surface area contributed by atoms with Gasteiger partial charge in [0.05, 0.1) is 19.7 Å². The number of fused-ring (bicyclic) bond motifs is 1. The molecule has 0 radical (unpaired) electrons. The molecule has 43 heavy (non-hydrogen) atoms. The molecule has 0 aliphatic carbocycles. The third-order valence-corrected chi connectivity index (χ3v) is 7.99. The van der Waals surface area contributed by atoms with Crippen LogP contribution >= 0.6 is 11.6 Å². The zero-order chi connectivity index (χ0) is 29.9. The maximum Gasteiger partial charge on any atom is 0.404 e. The van der Waals surface area contributed by atoms with Gasteiger partial charge in [-0.05, 0) is 71.1 Å². The van der Waals surface area contributed by atoms with Crippen LogP contribution in [-0.2, 0) is 4.74 Å². The predicted octanol–water partition coefficient (Wildman–Crippen LogP) is 6.69. The highest BCUT2D eigenvalue weighted by atomic mass is 35.5. The molecule has 8 nitrogen and oxygen atoms in total. The topological polar surface area (TPSA) is 110 Å². The number of para-hydroxylation sites is 1. The molecule has 1 saturated heterocycles. The van der Waals surface area contributed by atoms with Gasteiger partial charge in [-0.2, -0.15) is 0 Å². The second-order valence-electron chi connectivity index (χ2n) is 10.5. The number of rotatable bonds is 8. The minimum atomic E-state index is -0.745.